The summed E-state index contributed by atoms with van der Waals surface area (Å²) < 4.78 is 9.77. The average molecular weight is 365 g/mol. The number of nitrogens with one attached hydrogen (secondary N) is 2. The second kappa shape index (κ2) is 7.30. The molecule has 0 saturated heterocycles. The molecule has 0 saturated carbocycles. The zero-order valence-corrected chi connectivity index (χ0v) is 14.7. The van der Waals surface area contributed by atoms with Gasteiger partial charge in [0.2, 0.25) is 0 Å². The minimum Gasteiger partial charge on any atom is -0.504 e. The van der Waals surface area contributed by atoms with Crippen molar-refractivity contribution in [1.29, 1.82) is 0 Å². The van der Waals surface area contributed by atoms with Gasteiger partial charge in [0.15, 0.2) is 11.5 Å². The minimum atomic E-state index is -1.15. The number of rotatable bonds is 5. The Labute approximate surface area is 148 Å². The van der Waals surface area contributed by atoms with Crippen LogP contribution in [-0.2, 0) is 9.53 Å². The van der Waals surface area contributed by atoms with Crippen molar-refractivity contribution < 1.29 is 29.1 Å². The third kappa shape index (κ3) is 3.39. The van der Waals surface area contributed by atoms with Crippen molar-refractivity contribution in [2.75, 3.05) is 14.2 Å². The Morgan fingerprint density at radius 3 is 2.50 bits per heavy atom. The maximum absolute atomic E-state index is 12.3. The van der Waals surface area contributed by atoms with Crippen LogP contribution < -0.4 is 15.4 Å². The maximum atomic E-state index is 12.3. The van der Waals surface area contributed by atoms with E-state index in [1.54, 1.807) is 13.8 Å². The van der Waals surface area contributed by atoms with E-state index >= 15 is 0 Å². The van der Waals surface area contributed by atoms with Gasteiger partial charge in [0.1, 0.15) is 0 Å². The molecule has 140 valence electrons. The number of ether oxygens (including phenoxy) is 2. The molecule has 10 heteroatoms. The highest BCUT2D eigenvalue weighted by Crippen LogP contribution is 2.41. The first kappa shape index (κ1) is 19.0. The van der Waals surface area contributed by atoms with Crippen LogP contribution in [0.3, 0.4) is 0 Å². The molecule has 1 aliphatic rings. The molecule has 1 unspecified atom stereocenters. The zero-order chi connectivity index (χ0) is 19.6. The zero-order valence-electron chi connectivity index (χ0n) is 14.7. The highest BCUT2D eigenvalue weighted by atomic mass is 16.6. The number of amides is 2. The van der Waals surface area contributed by atoms with Crippen LogP contribution in [0.25, 0.3) is 0 Å². The number of hydrogen-bond donors (Lipinski definition) is 3. The Bertz CT molecular complexity index is 801. The standard InChI is InChI=1S/C16H19N3O7/c1-7(2)12-11(15(21)26-4)13(18-16(22)17-12)9-5-8(19(23)24)6-10(25-3)14(9)20/h5-7,13,20H,1-4H3,(H2,17,18,22). The second-order valence-electron chi connectivity index (χ2n) is 5.85. The van der Waals surface area contributed by atoms with Crippen LogP contribution in [0.1, 0.15) is 25.5 Å². The van der Waals surface area contributed by atoms with E-state index in [1.807, 2.05) is 0 Å². The van der Waals surface area contributed by atoms with Crippen LogP contribution in [0, 0.1) is 16.0 Å². The first-order chi connectivity index (χ1) is 12.2. The monoisotopic (exact) mass is 365 g/mol. The molecule has 0 aromatic heterocycles. The van der Waals surface area contributed by atoms with Gasteiger partial charge in [0.25, 0.3) is 5.69 Å². The number of esters is 1. The Balaban J connectivity index is 2.76. The Kier molecular flexibility index (Phi) is 5.34. The average Bonchev–Trinajstić information content (AvgIpc) is 2.60. The summed E-state index contributed by atoms with van der Waals surface area (Å²) in [6.07, 6.45) is 0. The molecule has 0 radical (unpaired) electrons. The van der Waals surface area contributed by atoms with Gasteiger partial charge in [-0.15, -0.1) is 0 Å². The summed E-state index contributed by atoms with van der Waals surface area (Å²) >= 11 is 0. The lowest BCUT2D eigenvalue weighted by Gasteiger charge is -2.31. The van der Waals surface area contributed by atoms with E-state index in [-0.39, 0.29) is 28.5 Å². The first-order valence-corrected chi connectivity index (χ1v) is 7.66. The number of benzene rings is 1. The molecule has 0 fully saturated rings. The highest BCUT2D eigenvalue weighted by Gasteiger charge is 2.37. The topological polar surface area (TPSA) is 140 Å². The van der Waals surface area contributed by atoms with Gasteiger partial charge >= 0.3 is 12.0 Å². The normalized spacial score (nSPS) is 16.8. The summed E-state index contributed by atoms with van der Waals surface area (Å²) in [7, 11) is 2.41. The molecule has 1 aliphatic heterocycles. The smallest absolute Gasteiger partial charge is 0.337 e. The largest absolute Gasteiger partial charge is 0.504 e. The van der Waals surface area contributed by atoms with Crippen LogP contribution in [0.5, 0.6) is 11.5 Å². The van der Waals surface area contributed by atoms with Crippen LogP contribution in [-0.4, -0.2) is 36.2 Å². The minimum absolute atomic E-state index is 0.0416. The molecule has 2 amide bonds. The summed E-state index contributed by atoms with van der Waals surface area (Å²) in [5.74, 6) is -1.57. The SMILES string of the molecule is COC(=O)C1=C(C(C)C)NC(=O)NC1c1cc([N+](=O)[O-])cc(OC)c1O. The summed E-state index contributed by atoms with van der Waals surface area (Å²) in [6, 6.07) is 0.361. The summed E-state index contributed by atoms with van der Waals surface area (Å²) in [6.45, 7) is 3.52. The van der Waals surface area contributed by atoms with E-state index in [9.17, 15) is 24.8 Å². The Morgan fingerprint density at radius 2 is 2.00 bits per heavy atom. The van der Waals surface area contributed by atoms with Crippen molar-refractivity contribution in [3.63, 3.8) is 0 Å². The molecular weight excluding hydrogens is 346 g/mol. The summed E-state index contributed by atoms with van der Waals surface area (Å²) in [5, 5.41) is 26.7. The van der Waals surface area contributed by atoms with Gasteiger partial charge in [-0.2, -0.15) is 0 Å². The fourth-order valence-corrected chi connectivity index (χ4v) is 2.71. The van der Waals surface area contributed by atoms with Crippen molar-refractivity contribution in [3.05, 3.63) is 39.1 Å². The molecule has 2 rings (SSSR count). The van der Waals surface area contributed by atoms with Gasteiger partial charge in [-0.05, 0) is 5.92 Å². The predicted molar refractivity (Wildman–Crippen MR) is 89.6 cm³/mol. The first-order valence-electron chi connectivity index (χ1n) is 7.66. The number of non-ortho nitro benzene ring substituents is 1. The van der Waals surface area contributed by atoms with Crippen molar-refractivity contribution in [2.24, 2.45) is 5.92 Å². The number of methoxy groups -OCH3 is 2. The number of phenolic OH excluding ortho intramolecular Hbond substituents is 1. The number of carbonyl (C=O) groups excluding carboxylic acids is 2. The van der Waals surface area contributed by atoms with Crippen LogP contribution in [0.2, 0.25) is 0 Å². The molecule has 0 spiro atoms. The number of nitro benzene ring substituents is 1. The van der Waals surface area contributed by atoms with Crippen molar-refractivity contribution in [3.8, 4) is 11.5 Å². The molecule has 1 aromatic carbocycles. The van der Waals surface area contributed by atoms with Gasteiger partial charge in [-0.3, -0.25) is 10.1 Å². The molecule has 1 heterocycles. The molecule has 1 atom stereocenters. The maximum Gasteiger partial charge on any atom is 0.337 e. The Morgan fingerprint density at radius 1 is 1.35 bits per heavy atom. The fourth-order valence-electron chi connectivity index (χ4n) is 2.71. The number of urea groups is 1. The van der Waals surface area contributed by atoms with E-state index < -0.39 is 28.7 Å². The van der Waals surface area contributed by atoms with Gasteiger partial charge < -0.3 is 25.2 Å². The molecule has 26 heavy (non-hydrogen) atoms. The third-order valence-corrected chi connectivity index (χ3v) is 3.92. The number of aromatic hydroxyl groups is 1. The molecule has 0 aliphatic carbocycles. The van der Waals surface area contributed by atoms with E-state index in [0.29, 0.717) is 5.70 Å². The number of carbonyl (C=O) groups is 2. The number of phenols is 1. The quantitative estimate of drug-likeness (QED) is 0.410. The lowest BCUT2D eigenvalue weighted by atomic mass is 9.90. The predicted octanol–water partition coefficient (Wildman–Crippen LogP) is 1.75. The van der Waals surface area contributed by atoms with Gasteiger partial charge in [0.05, 0.1) is 36.8 Å². The highest BCUT2D eigenvalue weighted by molar-refractivity contribution is 5.95. The van der Waals surface area contributed by atoms with Crippen LogP contribution in [0.4, 0.5) is 10.5 Å². The van der Waals surface area contributed by atoms with Crippen LogP contribution in [0.15, 0.2) is 23.4 Å². The Hall–Kier alpha value is -3.30. The molecule has 3 N–H and O–H groups in total. The third-order valence-electron chi connectivity index (χ3n) is 3.92. The number of allylic oxidation sites excluding steroid dienone is 1. The molecule has 10 nitrogen and oxygen atoms in total. The molecule has 1 aromatic rings. The van der Waals surface area contributed by atoms with E-state index in [2.05, 4.69) is 10.6 Å². The molecule has 0 bridgehead atoms. The molecular formula is C16H19N3O7. The number of hydrogen-bond acceptors (Lipinski definition) is 7. The van der Waals surface area contributed by atoms with Gasteiger partial charge in [0, 0.05) is 17.3 Å². The van der Waals surface area contributed by atoms with Gasteiger partial charge in [-0.25, -0.2) is 9.59 Å². The van der Waals surface area contributed by atoms with E-state index in [0.717, 1.165) is 12.1 Å². The van der Waals surface area contributed by atoms with E-state index in [1.165, 1.54) is 14.2 Å². The van der Waals surface area contributed by atoms with Crippen molar-refractivity contribution in [1.82, 2.24) is 10.6 Å². The lowest BCUT2D eigenvalue weighted by Crippen LogP contribution is -2.47. The summed E-state index contributed by atoms with van der Waals surface area (Å²) in [5.41, 5.74) is -0.0716. The number of nitrogens with zero attached hydrogens (tertiary/aromatic N) is 1. The summed E-state index contributed by atoms with van der Waals surface area (Å²) in [4.78, 5) is 34.9. The lowest BCUT2D eigenvalue weighted by molar-refractivity contribution is -0.385. The van der Waals surface area contributed by atoms with Crippen molar-refractivity contribution >= 4 is 17.7 Å². The van der Waals surface area contributed by atoms with E-state index in [4.69, 9.17) is 9.47 Å². The van der Waals surface area contributed by atoms with Crippen LogP contribution >= 0.6 is 0 Å². The fraction of sp³-hybridized carbons (Fsp3) is 0.375. The van der Waals surface area contributed by atoms with Crippen molar-refractivity contribution in [2.45, 2.75) is 19.9 Å². The number of nitro groups is 1. The van der Waals surface area contributed by atoms with Gasteiger partial charge in [-0.1, -0.05) is 13.8 Å². The second-order valence-corrected chi connectivity index (χ2v) is 5.85.